The zero-order valence-electron chi connectivity index (χ0n) is 9.07. The van der Waals surface area contributed by atoms with E-state index in [4.69, 9.17) is 11.6 Å². The first-order chi connectivity index (χ1) is 7.79. The van der Waals surface area contributed by atoms with E-state index >= 15 is 0 Å². The number of nitrogens with one attached hydrogen (secondary N) is 1. The first-order valence-electron chi connectivity index (χ1n) is 5.29. The lowest BCUT2D eigenvalue weighted by atomic mass is 10.2. The van der Waals surface area contributed by atoms with Gasteiger partial charge in [-0.15, -0.1) is 22.7 Å². The van der Waals surface area contributed by atoms with E-state index in [1.54, 1.807) is 11.3 Å². The summed E-state index contributed by atoms with van der Waals surface area (Å²) < 4.78 is 0. The Bertz CT molecular complexity index is 422. The van der Waals surface area contributed by atoms with Crippen LogP contribution in [0, 0.1) is 0 Å². The van der Waals surface area contributed by atoms with Crippen LogP contribution in [0.5, 0.6) is 0 Å². The van der Waals surface area contributed by atoms with Crippen molar-refractivity contribution in [2.45, 2.75) is 25.9 Å². The van der Waals surface area contributed by atoms with Crippen molar-refractivity contribution in [1.29, 1.82) is 0 Å². The van der Waals surface area contributed by atoms with Crippen LogP contribution in [0.3, 0.4) is 0 Å². The molecule has 16 heavy (non-hydrogen) atoms. The SMILES string of the molecule is CCC(NCc1cc(Cl)cs1)c1cccs1. The normalized spacial score (nSPS) is 12.9. The van der Waals surface area contributed by atoms with Gasteiger partial charge < -0.3 is 5.32 Å². The van der Waals surface area contributed by atoms with Crippen LogP contribution in [-0.2, 0) is 6.54 Å². The molecule has 0 aliphatic carbocycles. The van der Waals surface area contributed by atoms with Gasteiger partial charge in [-0.3, -0.25) is 0 Å². The van der Waals surface area contributed by atoms with E-state index in [1.807, 2.05) is 22.8 Å². The summed E-state index contributed by atoms with van der Waals surface area (Å²) in [6.07, 6.45) is 1.11. The molecule has 0 aliphatic heterocycles. The van der Waals surface area contributed by atoms with Gasteiger partial charge in [-0.05, 0) is 23.9 Å². The van der Waals surface area contributed by atoms with Crippen molar-refractivity contribution < 1.29 is 0 Å². The zero-order valence-corrected chi connectivity index (χ0v) is 11.5. The van der Waals surface area contributed by atoms with Gasteiger partial charge in [0.05, 0.1) is 5.02 Å². The van der Waals surface area contributed by atoms with Crippen LogP contribution in [0.15, 0.2) is 29.0 Å². The van der Waals surface area contributed by atoms with Crippen LogP contribution in [0.1, 0.15) is 29.1 Å². The number of hydrogen-bond donors (Lipinski definition) is 1. The van der Waals surface area contributed by atoms with Crippen LogP contribution < -0.4 is 5.32 Å². The molecule has 0 bridgehead atoms. The molecule has 1 atom stereocenters. The van der Waals surface area contributed by atoms with Gasteiger partial charge in [-0.2, -0.15) is 0 Å². The fourth-order valence-corrected chi connectivity index (χ4v) is 3.52. The van der Waals surface area contributed by atoms with Gasteiger partial charge in [0.2, 0.25) is 0 Å². The largest absolute Gasteiger partial charge is 0.304 e. The maximum absolute atomic E-state index is 5.89. The van der Waals surface area contributed by atoms with Gasteiger partial charge in [0.1, 0.15) is 0 Å². The molecular formula is C12H14ClNS2. The van der Waals surface area contributed by atoms with E-state index in [0.717, 1.165) is 18.0 Å². The lowest BCUT2D eigenvalue weighted by molar-refractivity contribution is 0.529. The predicted molar refractivity (Wildman–Crippen MR) is 73.5 cm³/mol. The lowest BCUT2D eigenvalue weighted by Crippen LogP contribution is -2.18. The maximum atomic E-state index is 5.89. The third-order valence-electron chi connectivity index (χ3n) is 2.44. The van der Waals surface area contributed by atoms with Crippen molar-refractivity contribution in [2.24, 2.45) is 0 Å². The number of thiophene rings is 2. The van der Waals surface area contributed by atoms with Gasteiger partial charge in [-0.1, -0.05) is 24.6 Å². The first-order valence-corrected chi connectivity index (χ1v) is 7.43. The topological polar surface area (TPSA) is 12.0 Å². The fourth-order valence-electron chi connectivity index (χ4n) is 1.61. The molecule has 0 saturated heterocycles. The second-order valence-corrected chi connectivity index (χ2v) is 6.00. The Kier molecular flexibility index (Phi) is 4.41. The second-order valence-electron chi connectivity index (χ2n) is 3.59. The predicted octanol–water partition coefficient (Wildman–Crippen LogP) is 4.70. The Morgan fingerprint density at radius 3 is 2.88 bits per heavy atom. The summed E-state index contributed by atoms with van der Waals surface area (Å²) >= 11 is 9.41. The highest BCUT2D eigenvalue weighted by Gasteiger charge is 2.09. The number of halogens is 1. The molecule has 0 amide bonds. The Balaban J connectivity index is 1.93. The van der Waals surface area contributed by atoms with Crippen molar-refractivity contribution in [1.82, 2.24) is 5.32 Å². The minimum atomic E-state index is 0.459. The molecule has 0 radical (unpaired) electrons. The Hall–Kier alpha value is -0.350. The fraction of sp³-hybridized carbons (Fsp3) is 0.333. The Morgan fingerprint density at radius 1 is 1.44 bits per heavy atom. The van der Waals surface area contributed by atoms with E-state index in [-0.39, 0.29) is 0 Å². The Labute approximate surface area is 109 Å². The highest BCUT2D eigenvalue weighted by Crippen LogP contribution is 2.24. The maximum Gasteiger partial charge on any atom is 0.0516 e. The van der Waals surface area contributed by atoms with Crippen molar-refractivity contribution in [2.75, 3.05) is 0 Å². The minimum absolute atomic E-state index is 0.459. The zero-order chi connectivity index (χ0) is 11.4. The van der Waals surface area contributed by atoms with E-state index < -0.39 is 0 Å². The molecule has 4 heteroatoms. The standard InChI is InChI=1S/C12H14ClNS2/c1-2-11(12-4-3-5-15-12)14-7-10-6-9(13)8-16-10/h3-6,8,11,14H,2,7H2,1H3. The molecule has 86 valence electrons. The van der Waals surface area contributed by atoms with Gasteiger partial charge in [0.25, 0.3) is 0 Å². The van der Waals surface area contributed by atoms with Crippen molar-refractivity contribution in [3.63, 3.8) is 0 Å². The number of rotatable bonds is 5. The third-order valence-corrected chi connectivity index (χ3v) is 4.71. The number of hydrogen-bond acceptors (Lipinski definition) is 3. The van der Waals surface area contributed by atoms with Gasteiger partial charge >= 0.3 is 0 Å². The lowest BCUT2D eigenvalue weighted by Gasteiger charge is -2.14. The Morgan fingerprint density at radius 2 is 2.31 bits per heavy atom. The summed E-state index contributed by atoms with van der Waals surface area (Å²) in [4.78, 5) is 2.70. The summed E-state index contributed by atoms with van der Waals surface area (Å²) in [6, 6.07) is 6.78. The molecule has 0 saturated carbocycles. The first kappa shape index (κ1) is 12.1. The minimum Gasteiger partial charge on any atom is -0.304 e. The van der Waals surface area contributed by atoms with Crippen LogP contribution in [0.25, 0.3) is 0 Å². The van der Waals surface area contributed by atoms with Crippen LogP contribution in [-0.4, -0.2) is 0 Å². The van der Waals surface area contributed by atoms with Crippen LogP contribution in [0.2, 0.25) is 5.02 Å². The van der Waals surface area contributed by atoms with Gasteiger partial charge in [0, 0.05) is 27.7 Å². The third kappa shape index (κ3) is 3.08. The smallest absolute Gasteiger partial charge is 0.0516 e. The van der Waals surface area contributed by atoms with E-state index in [2.05, 4.69) is 29.8 Å². The summed E-state index contributed by atoms with van der Waals surface area (Å²) in [7, 11) is 0. The molecule has 0 fully saturated rings. The van der Waals surface area contributed by atoms with Gasteiger partial charge in [0.15, 0.2) is 0 Å². The van der Waals surface area contributed by atoms with Crippen molar-refractivity contribution in [3.05, 3.63) is 43.7 Å². The molecule has 0 aromatic carbocycles. The molecule has 2 heterocycles. The highest BCUT2D eigenvalue weighted by atomic mass is 35.5. The van der Waals surface area contributed by atoms with Crippen LogP contribution in [0.4, 0.5) is 0 Å². The average Bonchev–Trinajstić information content (AvgIpc) is 2.91. The molecule has 0 spiro atoms. The summed E-state index contributed by atoms with van der Waals surface area (Å²) in [6.45, 7) is 3.10. The molecule has 2 rings (SSSR count). The monoisotopic (exact) mass is 271 g/mol. The summed E-state index contributed by atoms with van der Waals surface area (Å²) in [5, 5.41) is 8.51. The van der Waals surface area contributed by atoms with Crippen molar-refractivity contribution in [3.8, 4) is 0 Å². The molecule has 1 N–H and O–H groups in total. The second kappa shape index (κ2) is 5.82. The quantitative estimate of drug-likeness (QED) is 0.831. The molecule has 1 unspecified atom stereocenters. The molecular weight excluding hydrogens is 258 g/mol. The molecule has 2 aromatic rings. The highest BCUT2D eigenvalue weighted by molar-refractivity contribution is 7.10. The summed E-state index contributed by atoms with van der Waals surface area (Å²) in [5.41, 5.74) is 0. The van der Waals surface area contributed by atoms with Crippen LogP contribution >= 0.6 is 34.3 Å². The molecule has 1 nitrogen and oxygen atoms in total. The van der Waals surface area contributed by atoms with E-state index in [0.29, 0.717) is 6.04 Å². The van der Waals surface area contributed by atoms with E-state index in [1.165, 1.54) is 9.75 Å². The van der Waals surface area contributed by atoms with Crippen molar-refractivity contribution >= 4 is 34.3 Å². The van der Waals surface area contributed by atoms with Gasteiger partial charge in [-0.25, -0.2) is 0 Å². The average molecular weight is 272 g/mol. The molecule has 0 aliphatic rings. The summed E-state index contributed by atoms with van der Waals surface area (Å²) in [5.74, 6) is 0. The van der Waals surface area contributed by atoms with E-state index in [9.17, 15) is 0 Å². The molecule has 2 aromatic heterocycles.